The minimum atomic E-state index is 0.221. The van der Waals surface area contributed by atoms with Gasteiger partial charge >= 0.3 is 0 Å². The van der Waals surface area contributed by atoms with Crippen LogP contribution in [0.2, 0.25) is 0 Å². The number of nitrogen functional groups attached to an aromatic ring is 1. The van der Waals surface area contributed by atoms with Crippen molar-refractivity contribution in [1.29, 1.82) is 0 Å². The number of unbranched alkanes of at least 4 members (excludes halogenated alkanes) is 1. The van der Waals surface area contributed by atoms with Gasteiger partial charge in [-0.2, -0.15) is 4.98 Å². The Morgan fingerprint density at radius 3 is 2.73 bits per heavy atom. The molecule has 3 N–H and O–H groups in total. The van der Waals surface area contributed by atoms with E-state index in [4.69, 9.17) is 5.73 Å². The van der Waals surface area contributed by atoms with Gasteiger partial charge in [0.1, 0.15) is 5.82 Å². The molecule has 6 nitrogen and oxygen atoms in total. The Balaban J connectivity index is 1.94. The summed E-state index contributed by atoms with van der Waals surface area (Å²) in [6.07, 6.45) is 5.90. The molecule has 1 amide bonds. The number of nitrogens with zero attached hydrogens (tertiary/aromatic N) is 3. The van der Waals surface area contributed by atoms with Gasteiger partial charge in [-0.25, -0.2) is 4.98 Å². The van der Waals surface area contributed by atoms with E-state index < -0.39 is 0 Å². The van der Waals surface area contributed by atoms with Crippen molar-refractivity contribution < 1.29 is 4.79 Å². The summed E-state index contributed by atoms with van der Waals surface area (Å²) in [6, 6.07) is 0. The quantitative estimate of drug-likeness (QED) is 0.806. The van der Waals surface area contributed by atoms with Crippen molar-refractivity contribution >= 4 is 17.7 Å². The first kappa shape index (κ1) is 16.5. The van der Waals surface area contributed by atoms with Crippen LogP contribution in [0.3, 0.4) is 0 Å². The van der Waals surface area contributed by atoms with Crippen LogP contribution < -0.4 is 11.1 Å². The maximum absolute atomic E-state index is 12.1. The molecular formula is C16H27N5O. The Labute approximate surface area is 132 Å². The van der Waals surface area contributed by atoms with Gasteiger partial charge < -0.3 is 16.0 Å². The average molecular weight is 305 g/mol. The SMILES string of the molecule is CCCCc1c(C)nc(N)nc1NCCC(=O)N1CCCC1. The van der Waals surface area contributed by atoms with E-state index in [2.05, 4.69) is 22.2 Å². The summed E-state index contributed by atoms with van der Waals surface area (Å²) >= 11 is 0. The zero-order valence-corrected chi connectivity index (χ0v) is 13.7. The second kappa shape index (κ2) is 7.96. The van der Waals surface area contributed by atoms with E-state index >= 15 is 0 Å². The predicted octanol–water partition coefficient (Wildman–Crippen LogP) is 2.13. The molecule has 1 aromatic rings. The van der Waals surface area contributed by atoms with Gasteiger partial charge in [0, 0.05) is 37.3 Å². The lowest BCUT2D eigenvalue weighted by Gasteiger charge is -2.17. The molecule has 1 saturated heterocycles. The number of aryl methyl sites for hydroxylation is 1. The Morgan fingerprint density at radius 1 is 1.32 bits per heavy atom. The molecule has 2 rings (SSSR count). The fraction of sp³-hybridized carbons (Fsp3) is 0.688. The number of anilines is 2. The number of amides is 1. The van der Waals surface area contributed by atoms with Crippen molar-refractivity contribution in [3.8, 4) is 0 Å². The van der Waals surface area contributed by atoms with Crippen LogP contribution in [-0.4, -0.2) is 40.4 Å². The normalized spacial score (nSPS) is 14.4. The van der Waals surface area contributed by atoms with E-state index in [9.17, 15) is 4.79 Å². The van der Waals surface area contributed by atoms with Gasteiger partial charge in [-0.1, -0.05) is 13.3 Å². The molecule has 0 saturated carbocycles. The third-order valence-corrected chi connectivity index (χ3v) is 4.10. The summed E-state index contributed by atoms with van der Waals surface area (Å²) in [6.45, 7) is 6.52. The summed E-state index contributed by atoms with van der Waals surface area (Å²) in [5.41, 5.74) is 7.79. The largest absolute Gasteiger partial charge is 0.369 e. The summed E-state index contributed by atoms with van der Waals surface area (Å²) < 4.78 is 0. The Kier molecular flexibility index (Phi) is 5.98. The standard InChI is InChI=1S/C16H27N5O/c1-3-4-7-13-12(2)19-16(17)20-15(13)18-9-8-14(22)21-10-5-6-11-21/h3-11H2,1-2H3,(H3,17,18,19,20). The molecule has 1 aromatic heterocycles. The van der Waals surface area contributed by atoms with Gasteiger partial charge in [0.15, 0.2) is 0 Å². The topological polar surface area (TPSA) is 84.1 Å². The van der Waals surface area contributed by atoms with Gasteiger partial charge in [0.2, 0.25) is 11.9 Å². The highest BCUT2D eigenvalue weighted by molar-refractivity contribution is 5.77. The van der Waals surface area contributed by atoms with Gasteiger partial charge in [0.25, 0.3) is 0 Å². The number of aromatic nitrogens is 2. The van der Waals surface area contributed by atoms with Crippen LogP contribution >= 0.6 is 0 Å². The number of nitrogens with one attached hydrogen (secondary N) is 1. The molecule has 6 heteroatoms. The molecule has 0 radical (unpaired) electrons. The number of carbonyl (C=O) groups excluding carboxylic acids is 1. The van der Waals surface area contributed by atoms with Gasteiger partial charge in [-0.05, 0) is 32.6 Å². The van der Waals surface area contributed by atoms with Gasteiger partial charge in [0.05, 0.1) is 0 Å². The number of hydrogen-bond acceptors (Lipinski definition) is 5. The molecule has 0 atom stereocenters. The second-order valence-corrected chi connectivity index (χ2v) is 5.86. The third kappa shape index (κ3) is 4.32. The van der Waals surface area contributed by atoms with E-state index in [0.717, 1.165) is 62.3 Å². The molecule has 0 aromatic carbocycles. The molecule has 0 unspecified atom stereocenters. The summed E-state index contributed by atoms with van der Waals surface area (Å²) in [4.78, 5) is 22.6. The summed E-state index contributed by atoms with van der Waals surface area (Å²) in [5, 5.41) is 3.28. The third-order valence-electron chi connectivity index (χ3n) is 4.10. The predicted molar refractivity (Wildman–Crippen MR) is 88.7 cm³/mol. The van der Waals surface area contributed by atoms with Gasteiger partial charge in [-0.15, -0.1) is 0 Å². The van der Waals surface area contributed by atoms with Crippen molar-refractivity contribution in [1.82, 2.24) is 14.9 Å². The second-order valence-electron chi connectivity index (χ2n) is 5.86. The lowest BCUT2D eigenvalue weighted by molar-refractivity contribution is -0.129. The minimum absolute atomic E-state index is 0.221. The first-order valence-electron chi connectivity index (χ1n) is 8.26. The van der Waals surface area contributed by atoms with Crippen molar-refractivity contribution in [2.75, 3.05) is 30.7 Å². The molecule has 122 valence electrons. The fourth-order valence-electron chi connectivity index (χ4n) is 2.83. The lowest BCUT2D eigenvalue weighted by atomic mass is 10.1. The minimum Gasteiger partial charge on any atom is -0.369 e. The lowest BCUT2D eigenvalue weighted by Crippen LogP contribution is -2.29. The van der Waals surface area contributed by atoms with Crippen LogP contribution in [0, 0.1) is 6.92 Å². The van der Waals surface area contributed by atoms with Gasteiger partial charge in [-0.3, -0.25) is 4.79 Å². The highest BCUT2D eigenvalue weighted by Crippen LogP contribution is 2.20. The first-order valence-corrected chi connectivity index (χ1v) is 8.26. The Morgan fingerprint density at radius 2 is 2.05 bits per heavy atom. The molecule has 0 bridgehead atoms. The Bertz CT molecular complexity index is 512. The van der Waals surface area contributed by atoms with Crippen LogP contribution in [0.1, 0.15) is 50.3 Å². The van der Waals surface area contributed by atoms with Crippen LogP contribution in [-0.2, 0) is 11.2 Å². The molecule has 22 heavy (non-hydrogen) atoms. The van der Waals surface area contributed by atoms with E-state index in [1.807, 2.05) is 11.8 Å². The molecule has 2 heterocycles. The number of likely N-dealkylation sites (tertiary alicyclic amines) is 1. The molecule has 1 fully saturated rings. The maximum Gasteiger partial charge on any atom is 0.224 e. The molecular weight excluding hydrogens is 278 g/mol. The molecule has 1 aliphatic heterocycles. The van der Waals surface area contributed by atoms with Crippen LogP contribution in [0.4, 0.5) is 11.8 Å². The zero-order chi connectivity index (χ0) is 15.9. The molecule has 1 aliphatic rings. The zero-order valence-electron chi connectivity index (χ0n) is 13.7. The number of rotatable bonds is 7. The average Bonchev–Trinajstić information content (AvgIpc) is 3.00. The van der Waals surface area contributed by atoms with E-state index in [0.29, 0.717) is 13.0 Å². The monoisotopic (exact) mass is 305 g/mol. The summed E-state index contributed by atoms with van der Waals surface area (Å²) in [7, 11) is 0. The van der Waals surface area contributed by atoms with Crippen molar-refractivity contribution in [3.63, 3.8) is 0 Å². The van der Waals surface area contributed by atoms with E-state index in [-0.39, 0.29) is 11.9 Å². The van der Waals surface area contributed by atoms with Crippen molar-refractivity contribution in [3.05, 3.63) is 11.3 Å². The van der Waals surface area contributed by atoms with E-state index in [1.54, 1.807) is 0 Å². The van der Waals surface area contributed by atoms with Crippen LogP contribution in [0.15, 0.2) is 0 Å². The van der Waals surface area contributed by atoms with Crippen molar-refractivity contribution in [2.45, 2.75) is 52.4 Å². The number of nitrogens with two attached hydrogens (primary N) is 1. The maximum atomic E-state index is 12.1. The smallest absolute Gasteiger partial charge is 0.224 e. The summed E-state index contributed by atoms with van der Waals surface area (Å²) in [5.74, 6) is 1.29. The highest BCUT2D eigenvalue weighted by atomic mass is 16.2. The van der Waals surface area contributed by atoms with Crippen LogP contribution in [0.5, 0.6) is 0 Å². The first-order chi connectivity index (χ1) is 10.6. The van der Waals surface area contributed by atoms with Crippen LogP contribution in [0.25, 0.3) is 0 Å². The molecule has 0 aliphatic carbocycles. The number of hydrogen-bond donors (Lipinski definition) is 2. The Hall–Kier alpha value is -1.85. The fourth-order valence-corrected chi connectivity index (χ4v) is 2.83. The van der Waals surface area contributed by atoms with E-state index in [1.165, 1.54) is 0 Å². The highest BCUT2D eigenvalue weighted by Gasteiger charge is 2.17. The molecule has 0 spiro atoms. The number of carbonyl (C=O) groups is 1. The van der Waals surface area contributed by atoms with Crippen molar-refractivity contribution in [2.24, 2.45) is 0 Å².